The number of nitrogens with two attached hydrogens (primary N) is 1. The zero-order valence-corrected chi connectivity index (χ0v) is 9.92. The van der Waals surface area contributed by atoms with Gasteiger partial charge in [-0.3, -0.25) is 5.41 Å². The fourth-order valence-electron chi connectivity index (χ4n) is 1.27. The molecule has 1 rings (SSSR count). The van der Waals surface area contributed by atoms with Crippen LogP contribution in [0.3, 0.4) is 0 Å². The number of hydrogen-bond acceptors (Lipinski definition) is 5. The Morgan fingerprint density at radius 1 is 1.67 bits per heavy atom. The Balaban J connectivity index is 2.57. The number of aromatic nitrogens is 2. The molecule has 6 heteroatoms. The van der Waals surface area contributed by atoms with Gasteiger partial charge in [-0.05, 0) is 5.92 Å². The van der Waals surface area contributed by atoms with Gasteiger partial charge in [0.1, 0.15) is 5.51 Å². The van der Waals surface area contributed by atoms with Crippen molar-refractivity contribution in [1.29, 1.82) is 5.41 Å². The van der Waals surface area contributed by atoms with Crippen LogP contribution >= 0.6 is 11.3 Å². The van der Waals surface area contributed by atoms with Crippen molar-refractivity contribution in [3.8, 4) is 0 Å². The molecule has 0 atom stereocenters. The second-order valence-electron chi connectivity index (χ2n) is 3.84. The standard InChI is InChI=1S/C9H17N5S/c1-7(2)5-14(4-3-8(10)11)9-13-12-6-15-9/h6-7H,3-5H2,1-2H3,(H3,10,11). The Labute approximate surface area is 93.8 Å². The van der Waals surface area contributed by atoms with Crippen molar-refractivity contribution < 1.29 is 0 Å². The highest BCUT2D eigenvalue weighted by Gasteiger charge is 2.11. The molecule has 0 fully saturated rings. The van der Waals surface area contributed by atoms with Crippen molar-refractivity contribution >= 4 is 22.3 Å². The molecular weight excluding hydrogens is 210 g/mol. The van der Waals surface area contributed by atoms with Gasteiger partial charge < -0.3 is 10.6 Å². The summed E-state index contributed by atoms with van der Waals surface area (Å²) >= 11 is 1.52. The first-order chi connectivity index (χ1) is 7.09. The molecule has 0 radical (unpaired) electrons. The topological polar surface area (TPSA) is 78.9 Å². The van der Waals surface area contributed by atoms with Gasteiger partial charge in [0.2, 0.25) is 5.13 Å². The zero-order valence-electron chi connectivity index (χ0n) is 9.10. The van der Waals surface area contributed by atoms with Crippen molar-refractivity contribution in [2.45, 2.75) is 20.3 Å². The van der Waals surface area contributed by atoms with Crippen LogP contribution in [0.2, 0.25) is 0 Å². The van der Waals surface area contributed by atoms with Crippen LogP contribution in [0.1, 0.15) is 20.3 Å². The summed E-state index contributed by atoms with van der Waals surface area (Å²) in [5.74, 6) is 0.772. The van der Waals surface area contributed by atoms with Gasteiger partial charge in [0, 0.05) is 19.5 Å². The van der Waals surface area contributed by atoms with Crippen LogP contribution < -0.4 is 10.6 Å². The molecule has 0 unspecified atom stereocenters. The Morgan fingerprint density at radius 2 is 2.40 bits per heavy atom. The first-order valence-corrected chi connectivity index (χ1v) is 5.81. The van der Waals surface area contributed by atoms with E-state index < -0.39 is 0 Å². The zero-order chi connectivity index (χ0) is 11.3. The highest BCUT2D eigenvalue weighted by atomic mass is 32.1. The van der Waals surface area contributed by atoms with Gasteiger partial charge in [-0.25, -0.2) is 0 Å². The minimum absolute atomic E-state index is 0.216. The molecule has 0 aliphatic rings. The van der Waals surface area contributed by atoms with Gasteiger partial charge in [-0.2, -0.15) is 0 Å². The lowest BCUT2D eigenvalue weighted by Crippen LogP contribution is -2.31. The van der Waals surface area contributed by atoms with Crippen LogP contribution in [-0.4, -0.2) is 29.1 Å². The molecule has 0 aromatic carbocycles. The smallest absolute Gasteiger partial charge is 0.208 e. The maximum atomic E-state index is 7.21. The van der Waals surface area contributed by atoms with Crippen LogP contribution in [0.5, 0.6) is 0 Å². The number of anilines is 1. The molecule has 0 aliphatic carbocycles. The first kappa shape index (κ1) is 11.9. The van der Waals surface area contributed by atoms with Crippen LogP contribution in [-0.2, 0) is 0 Å². The molecule has 5 nitrogen and oxygen atoms in total. The molecule has 84 valence electrons. The largest absolute Gasteiger partial charge is 0.388 e. The lowest BCUT2D eigenvalue weighted by Gasteiger charge is -2.22. The van der Waals surface area contributed by atoms with Gasteiger partial charge in [0.05, 0.1) is 5.84 Å². The maximum Gasteiger partial charge on any atom is 0.208 e. The molecule has 0 spiro atoms. The van der Waals surface area contributed by atoms with E-state index in [1.165, 1.54) is 11.3 Å². The number of hydrogen-bond donors (Lipinski definition) is 2. The molecule has 1 heterocycles. The van der Waals surface area contributed by atoms with Crippen LogP contribution in [0.4, 0.5) is 5.13 Å². The second-order valence-corrected chi connectivity index (χ2v) is 4.65. The SMILES string of the molecule is CC(C)CN(CCC(=N)N)c1nncs1. The molecule has 0 bridgehead atoms. The Hall–Kier alpha value is -1.17. The van der Waals surface area contributed by atoms with Gasteiger partial charge in [-0.1, -0.05) is 25.2 Å². The van der Waals surface area contributed by atoms with E-state index in [4.69, 9.17) is 11.1 Å². The maximum absolute atomic E-state index is 7.21. The quantitative estimate of drug-likeness (QED) is 0.567. The lowest BCUT2D eigenvalue weighted by atomic mass is 10.2. The molecule has 0 saturated heterocycles. The fourth-order valence-corrected chi connectivity index (χ4v) is 1.86. The lowest BCUT2D eigenvalue weighted by molar-refractivity contribution is 0.610. The molecule has 0 aliphatic heterocycles. The third-order valence-corrected chi connectivity index (χ3v) is 2.61. The molecular formula is C9H17N5S. The van der Waals surface area contributed by atoms with E-state index in [0.717, 1.165) is 18.2 Å². The number of nitrogens with one attached hydrogen (secondary N) is 1. The average molecular weight is 227 g/mol. The molecule has 1 aromatic rings. The Kier molecular flexibility index (Phi) is 4.48. The normalized spacial score (nSPS) is 10.6. The summed E-state index contributed by atoms with van der Waals surface area (Å²) in [6, 6.07) is 0. The van der Waals surface area contributed by atoms with Crippen molar-refractivity contribution in [2.75, 3.05) is 18.0 Å². The van der Waals surface area contributed by atoms with E-state index in [9.17, 15) is 0 Å². The monoisotopic (exact) mass is 227 g/mol. The van der Waals surface area contributed by atoms with E-state index in [2.05, 4.69) is 28.9 Å². The summed E-state index contributed by atoms with van der Waals surface area (Å²) in [7, 11) is 0. The Bertz CT molecular complexity index is 295. The fraction of sp³-hybridized carbons (Fsp3) is 0.667. The third-order valence-electron chi connectivity index (χ3n) is 1.86. The Morgan fingerprint density at radius 3 is 2.87 bits per heavy atom. The second kappa shape index (κ2) is 5.65. The number of rotatable bonds is 6. The van der Waals surface area contributed by atoms with E-state index in [1.54, 1.807) is 5.51 Å². The van der Waals surface area contributed by atoms with Gasteiger partial charge >= 0.3 is 0 Å². The summed E-state index contributed by atoms with van der Waals surface area (Å²) in [5, 5.41) is 16.0. The van der Waals surface area contributed by atoms with Gasteiger partial charge in [0.15, 0.2) is 0 Å². The minimum atomic E-state index is 0.216. The highest BCUT2D eigenvalue weighted by Crippen LogP contribution is 2.17. The highest BCUT2D eigenvalue weighted by molar-refractivity contribution is 7.13. The van der Waals surface area contributed by atoms with Crippen molar-refractivity contribution in [3.05, 3.63) is 5.51 Å². The van der Waals surface area contributed by atoms with Crippen molar-refractivity contribution in [2.24, 2.45) is 11.7 Å². The van der Waals surface area contributed by atoms with Crippen molar-refractivity contribution in [3.63, 3.8) is 0 Å². The van der Waals surface area contributed by atoms with Gasteiger partial charge in [0.25, 0.3) is 0 Å². The van der Waals surface area contributed by atoms with Crippen LogP contribution in [0.15, 0.2) is 5.51 Å². The predicted molar refractivity (Wildman–Crippen MR) is 63.5 cm³/mol. The third kappa shape index (κ3) is 4.24. The predicted octanol–water partition coefficient (Wildman–Crippen LogP) is 1.33. The molecule has 0 saturated carbocycles. The molecule has 1 aromatic heterocycles. The molecule has 3 N–H and O–H groups in total. The van der Waals surface area contributed by atoms with E-state index >= 15 is 0 Å². The number of nitrogens with zero attached hydrogens (tertiary/aromatic N) is 3. The molecule has 15 heavy (non-hydrogen) atoms. The van der Waals surface area contributed by atoms with E-state index in [1.807, 2.05) is 0 Å². The van der Waals surface area contributed by atoms with Gasteiger partial charge in [-0.15, -0.1) is 10.2 Å². The summed E-state index contributed by atoms with van der Waals surface area (Å²) < 4.78 is 0. The van der Waals surface area contributed by atoms with Crippen LogP contribution in [0, 0.1) is 11.3 Å². The van der Waals surface area contributed by atoms with E-state index in [0.29, 0.717) is 12.3 Å². The van der Waals surface area contributed by atoms with Crippen molar-refractivity contribution in [1.82, 2.24) is 10.2 Å². The first-order valence-electron chi connectivity index (χ1n) is 4.93. The molecule has 0 amide bonds. The minimum Gasteiger partial charge on any atom is -0.388 e. The van der Waals surface area contributed by atoms with E-state index in [-0.39, 0.29) is 5.84 Å². The summed E-state index contributed by atoms with van der Waals surface area (Å²) in [4.78, 5) is 2.13. The average Bonchev–Trinajstić information content (AvgIpc) is 2.63. The van der Waals surface area contributed by atoms with Crippen LogP contribution in [0.25, 0.3) is 0 Å². The summed E-state index contributed by atoms with van der Waals surface area (Å²) in [6.45, 7) is 5.97. The summed E-state index contributed by atoms with van der Waals surface area (Å²) in [5.41, 5.74) is 7.07. The number of amidine groups is 1. The summed E-state index contributed by atoms with van der Waals surface area (Å²) in [6.07, 6.45) is 0.576.